The van der Waals surface area contributed by atoms with Crippen molar-refractivity contribution in [2.75, 3.05) is 18.9 Å². The highest BCUT2D eigenvalue weighted by Gasteiger charge is 1.91. The largest absolute Gasteiger partial charge is 0.388 e. The van der Waals surface area contributed by atoms with E-state index in [1.165, 1.54) is 0 Å². The Morgan fingerprint density at radius 3 is 2.78 bits per heavy atom. The molecule has 2 rings (SSSR count). The van der Waals surface area contributed by atoms with Gasteiger partial charge in [-0.15, -0.1) is 0 Å². The predicted molar refractivity (Wildman–Crippen MR) is 78.1 cm³/mol. The van der Waals surface area contributed by atoms with Gasteiger partial charge in [-0.25, -0.2) is 0 Å². The highest BCUT2D eigenvalue weighted by Crippen LogP contribution is 2.07. The summed E-state index contributed by atoms with van der Waals surface area (Å²) in [6.45, 7) is 0.904. The first kappa shape index (κ1) is 12.2. The lowest BCUT2D eigenvalue weighted by Crippen LogP contribution is -1.90. The molecular weight excluding hydrogens is 220 g/mol. The molecule has 0 amide bonds. The fraction of sp³-hybridized carbons (Fsp3) is 0.188. The highest BCUT2D eigenvalue weighted by molar-refractivity contribution is 5.83. The zero-order valence-electron chi connectivity index (χ0n) is 10.5. The van der Waals surface area contributed by atoms with Crippen LogP contribution >= 0.6 is 0 Å². The average molecular weight is 236 g/mol. The van der Waals surface area contributed by atoms with E-state index < -0.39 is 0 Å². The zero-order chi connectivity index (χ0) is 12.6. The molecule has 0 atom stereocenters. The Morgan fingerprint density at radius 2 is 2.11 bits per heavy atom. The van der Waals surface area contributed by atoms with Gasteiger partial charge in [0, 0.05) is 31.1 Å². The summed E-state index contributed by atoms with van der Waals surface area (Å²) >= 11 is 0. The van der Waals surface area contributed by atoms with E-state index >= 15 is 0 Å². The van der Waals surface area contributed by atoms with Crippen LogP contribution in [0.1, 0.15) is 12.0 Å². The number of benzene rings is 1. The van der Waals surface area contributed by atoms with Crippen LogP contribution in [-0.4, -0.2) is 19.8 Å². The average Bonchev–Trinajstić information content (AvgIpc) is 2.45. The van der Waals surface area contributed by atoms with Gasteiger partial charge < -0.3 is 5.32 Å². The van der Waals surface area contributed by atoms with Crippen LogP contribution in [0.25, 0.3) is 0 Å². The number of aliphatic imine (C=N–C) groups is 1. The van der Waals surface area contributed by atoms with Crippen LogP contribution in [0.15, 0.2) is 53.1 Å². The smallest absolute Gasteiger partial charge is 0.0424 e. The summed E-state index contributed by atoms with van der Waals surface area (Å²) in [4.78, 5) is 4.21. The summed E-state index contributed by atoms with van der Waals surface area (Å²) in [6.07, 6.45) is 8.96. The third-order valence-electron chi connectivity index (χ3n) is 2.63. The maximum absolute atomic E-state index is 4.21. The molecule has 0 aliphatic carbocycles. The van der Waals surface area contributed by atoms with E-state index in [0.29, 0.717) is 0 Å². The van der Waals surface area contributed by atoms with Crippen LogP contribution in [0.5, 0.6) is 0 Å². The van der Waals surface area contributed by atoms with Crippen molar-refractivity contribution >= 4 is 11.9 Å². The maximum atomic E-state index is 4.21. The monoisotopic (exact) mass is 236 g/mol. The van der Waals surface area contributed by atoms with E-state index in [1.807, 2.05) is 49.7 Å². The van der Waals surface area contributed by atoms with Crippen molar-refractivity contribution < 1.29 is 0 Å². The minimum absolute atomic E-state index is 0.904. The molecule has 90 valence electrons. The number of allylic oxidation sites excluding steroid dienone is 3. The van der Waals surface area contributed by atoms with Gasteiger partial charge >= 0.3 is 0 Å². The van der Waals surface area contributed by atoms with Gasteiger partial charge in [-0.3, -0.25) is 4.99 Å². The van der Waals surface area contributed by atoms with E-state index in [2.05, 4.69) is 28.2 Å². The van der Waals surface area contributed by atoms with Crippen molar-refractivity contribution in [2.24, 2.45) is 4.99 Å². The van der Waals surface area contributed by atoms with E-state index in [-0.39, 0.29) is 0 Å². The van der Waals surface area contributed by atoms with Crippen LogP contribution in [-0.2, 0) is 0 Å². The molecular formula is C16H16N2. The van der Waals surface area contributed by atoms with Crippen molar-refractivity contribution in [3.8, 4) is 11.8 Å². The molecule has 0 saturated heterocycles. The summed E-state index contributed by atoms with van der Waals surface area (Å²) in [7, 11) is 1.91. The zero-order valence-corrected chi connectivity index (χ0v) is 10.5. The van der Waals surface area contributed by atoms with Crippen LogP contribution in [0, 0.1) is 11.8 Å². The second kappa shape index (κ2) is 6.46. The quantitative estimate of drug-likeness (QED) is 0.784. The van der Waals surface area contributed by atoms with Crippen LogP contribution in [0.4, 0.5) is 5.69 Å². The second-order valence-corrected chi connectivity index (χ2v) is 3.96. The highest BCUT2D eigenvalue weighted by atomic mass is 14.8. The Labute approximate surface area is 108 Å². The number of dihydropyridines is 1. The lowest BCUT2D eigenvalue weighted by atomic mass is 10.2. The molecule has 0 aromatic heterocycles. The third kappa shape index (κ3) is 3.64. The molecule has 2 nitrogen and oxygen atoms in total. The molecule has 0 unspecified atom stereocenters. The molecule has 1 aromatic carbocycles. The van der Waals surface area contributed by atoms with Gasteiger partial charge in [0.05, 0.1) is 0 Å². The van der Waals surface area contributed by atoms with Crippen LogP contribution in [0.3, 0.4) is 0 Å². The number of rotatable bonds is 2. The van der Waals surface area contributed by atoms with E-state index in [9.17, 15) is 0 Å². The van der Waals surface area contributed by atoms with Crippen molar-refractivity contribution in [1.29, 1.82) is 0 Å². The van der Waals surface area contributed by atoms with Crippen LogP contribution < -0.4 is 5.32 Å². The molecule has 2 heteroatoms. The van der Waals surface area contributed by atoms with Gasteiger partial charge in [0.2, 0.25) is 0 Å². The molecule has 0 saturated carbocycles. The molecule has 0 fully saturated rings. The fourth-order valence-corrected chi connectivity index (χ4v) is 1.62. The van der Waals surface area contributed by atoms with Gasteiger partial charge in [-0.2, -0.15) is 0 Å². The molecule has 18 heavy (non-hydrogen) atoms. The Hall–Kier alpha value is -2.27. The van der Waals surface area contributed by atoms with Gasteiger partial charge in [0.1, 0.15) is 0 Å². The van der Waals surface area contributed by atoms with Crippen molar-refractivity contribution in [1.82, 2.24) is 0 Å². The summed E-state index contributed by atoms with van der Waals surface area (Å²) in [5.41, 5.74) is 3.26. The first-order valence-corrected chi connectivity index (χ1v) is 6.04. The Morgan fingerprint density at radius 1 is 1.28 bits per heavy atom. The van der Waals surface area contributed by atoms with Crippen molar-refractivity contribution in [3.05, 3.63) is 53.6 Å². The standard InChI is InChI=1S/C16H16N2/c1-17-16-10-8-14(9-11-16)5-2-3-6-15-7-4-12-18-13-15/h3,6-11,13,17H,4,12H2,1H3/b6-3+. The molecule has 0 radical (unpaired) electrons. The lowest BCUT2D eigenvalue weighted by molar-refractivity contribution is 0.994. The normalized spacial score (nSPS) is 13.9. The summed E-state index contributed by atoms with van der Waals surface area (Å²) in [5, 5.41) is 3.08. The number of nitrogens with one attached hydrogen (secondary N) is 1. The van der Waals surface area contributed by atoms with E-state index in [1.54, 1.807) is 0 Å². The molecule has 1 N–H and O–H groups in total. The molecule has 0 bridgehead atoms. The molecule has 1 heterocycles. The molecule has 1 aliphatic heterocycles. The molecule has 0 spiro atoms. The van der Waals surface area contributed by atoms with Crippen molar-refractivity contribution in [2.45, 2.75) is 6.42 Å². The van der Waals surface area contributed by atoms with Crippen LogP contribution in [0.2, 0.25) is 0 Å². The first-order valence-electron chi connectivity index (χ1n) is 6.04. The number of hydrogen-bond acceptors (Lipinski definition) is 2. The fourth-order valence-electron chi connectivity index (χ4n) is 1.62. The lowest BCUT2D eigenvalue weighted by Gasteiger charge is -1.98. The number of hydrogen-bond donors (Lipinski definition) is 1. The number of nitrogens with zero attached hydrogens (tertiary/aromatic N) is 1. The predicted octanol–water partition coefficient (Wildman–Crippen LogP) is 3.04. The summed E-state index contributed by atoms with van der Waals surface area (Å²) in [5.74, 6) is 6.13. The molecule has 1 aliphatic rings. The van der Waals surface area contributed by atoms with E-state index in [4.69, 9.17) is 0 Å². The Bertz CT molecular complexity index is 537. The Kier molecular flexibility index (Phi) is 4.38. The summed E-state index contributed by atoms with van der Waals surface area (Å²) < 4.78 is 0. The second-order valence-electron chi connectivity index (χ2n) is 3.96. The van der Waals surface area contributed by atoms with Crippen molar-refractivity contribution in [3.63, 3.8) is 0 Å². The Balaban J connectivity index is 1.97. The number of anilines is 1. The van der Waals surface area contributed by atoms with Gasteiger partial charge in [0.15, 0.2) is 0 Å². The summed E-state index contributed by atoms with van der Waals surface area (Å²) in [6, 6.07) is 8.05. The minimum atomic E-state index is 0.904. The SMILES string of the molecule is CNc1ccc(C#C/C=C/C2=CCCN=C2)cc1. The maximum Gasteiger partial charge on any atom is 0.0424 e. The third-order valence-corrected chi connectivity index (χ3v) is 2.63. The van der Waals surface area contributed by atoms with Gasteiger partial charge in [-0.05, 0) is 48.4 Å². The molecule has 1 aromatic rings. The minimum Gasteiger partial charge on any atom is -0.388 e. The first-order chi connectivity index (χ1) is 8.88. The van der Waals surface area contributed by atoms with Gasteiger partial charge in [-0.1, -0.05) is 17.9 Å². The van der Waals surface area contributed by atoms with E-state index in [0.717, 1.165) is 29.8 Å². The topological polar surface area (TPSA) is 24.4 Å². The van der Waals surface area contributed by atoms with Gasteiger partial charge in [0.25, 0.3) is 0 Å².